The quantitative estimate of drug-likeness (QED) is 0.675. The lowest BCUT2D eigenvalue weighted by molar-refractivity contribution is 0.287. The van der Waals surface area contributed by atoms with Crippen molar-refractivity contribution in [2.45, 2.75) is 24.3 Å². The van der Waals surface area contributed by atoms with Crippen molar-refractivity contribution in [1.82, 2.24) is 4.31 Å². The average Bonchev–Trinajstić information content (AvgIpc) is 2.26. The molecule has 0 unspecified atom stereocenters. The van der Waals surface area contributed by atoms with Crippen molar-refractivity contribution < 1.29 is 8.42 Å². The van der Waals surface area contributed by atoms with Gasteiger partial charge < -0.3 is 5.73 Å². The molecule has 0 atom stereocenters. The lowest BCUT2D eigenvalue weighted by Crippen LogP contribution is -2.35. The Labute approximate surface area is 89.7 Å². The molecule has 2 N–H and O–H groups in total. The van der Waals surface area contributed by atoms with Crippen molar-refractivity contribution in [3.63, 3.8) is 0 Å². The predicted molar refractivity (Wildman–Crippen MR) is 58.8 cm³/mol. The molecule has 5 heteroatoms. The van der Waals surface area contributed by atoms with Crippen molar-refractivity contribution in [1.29, 1.82) is 0 Å². The Bertz CT molecular complexity index is 520. The number of anilines is 1. The molecule has 2 rings (SSSR count). The van der Waals surface area contributed by atoms with Crippen LogP contribution in [-0.2, 0) is 15.6 Å². The van der Waals surface area contributed by atoms with Gasteiger partial charge in [0.1, 0.15) is 0 Å². The Kier molecular flexibility index (Phi) is 1.91. The summed E-state index contributed by atoms with van der Waals surface area (Å²) in [6, 6.07) is 5.04. The summed E-state index contributed by atoms with van der Waals surface area (Å²) in [7, 11) is -1.77. The van der Waals surface area contributed by atoms with E-state index < -0.39 is 15.6 Å². The molecule has 4 nitrogen and oxygen atoms in total. The second-order valence-electron chi connectivity index (χ2n) is 4.29. The van der Waals surface area contributed by atoms with Gasteiger partial charge in [-0.25, -0.2) is 8.42 Å². The van der Waals surface area contributed by atoms with Crippen LogP contribution in [0.2, 0.25) is 0 Å². The third-order valence-electron chi connectivity index (χ3n) is 3.09. The van der Waals surface area contributed by atoms with Crippen LogP contribution < -0.4 is 5.73 Å². The molecule has 82 valence electrons. The topological polar surface area (TPSA) is 63.4 Å². The molecule has 1 aromatic carbocycles. The molecule has 1 aromatic rings. The van der Waals surface area contributed by atoms with Crippen molar-refractivity contribution in [2.24, 2.45) is 0 Å². The Morgan fingerprint density at radius 2 is 1.93 bits per heavy atom. The molecule has 0 aliphatic carbocycles. The summed E-state index contributed by atoms with van der Waals surface area (Å²) in [4.78, 5) is 0.329. The number of nitrogens with two attached hydrogens (primary N) is 1. The van der Waals surface area contributed by atoms with Gasteiger partial charge in [-0.15, -0.1) is 0 Å². The van der Waals surface area contributed by atoms with Crippen molar-refractivity contribution in [3.8, 4) is 0 Å². The van der Waals surface area contributed by atoms with Gasteiger partial charge in [0.05, 0.1) is 10.4 Å². The van der Waals surface area contributed by atoms with Crippen LogP contribution in [0.5, 0.6) is 0 Å². The first-order valence-corrected chi connectivity index (χ1v) is 6.11. The summed E-state index contributed by atoms with van der Waals surface area (Å²) in [6.07, 6.45) is 0. The number of hydrogen-bond donors (Lipinski definition) is 1. The molecule has 0 saturated heterocycles. The number of rotatable bonds is 0. The standard InChI is InChI=1S/C10H14N2O2S/c1-10(2)8-5-4-7(11)6-9(8)15(13,14)12(10)3/h4-6H,11H2,1-3H3. The highest BCUT2D eigenvalue weighted by Crippen LogP contribution is 2.42. The first-order chi connectivity index (χ1) is 6.78. The van der Waals surface area contributed by atoms with Gasteiger partial charge in [0, 0.05) is 12.7 Å². The van der Waals surface area contributed by atoms with E-state index in [2.05, 4.69) is 0 Å². The van der Waals surface area contributed by atoms with Crippen molar-refractivity contribution in [2.75, 3.05) is 12.8 Å². The smallest absolute Gasteiger partial charge is 0.244 e. The normalized spacial score (nSPS) is 22.6. The van der Waals surface area contributed by atoms with Crippen LogP contribution in [0, 0.1) is 0 Å². The SMILES string of the molecule is CN1C(C)(C)c2ccc(N)cc2S1(=O)=O. The summed E-state index contributed by atoms with van der Waals surface area (Å²) < 4.78 is 25.4. The van der Waals surface area contributed by atoms with Crippen LogP contribution in [-0.4, -0.2) is 19.8 Å². The van der Waals surface area contributed by atoms with E-state index >= 15 is 0 Å². The van der Waals surface area contributed by atoms with Gasteiger partial charge in [-0.3, -0.25) is 0 Å². The van der Waals surface area contributed by atoms with Crippen LogP contribution in [0.15, 0.2) is 23.1 Å². The summed E-state index contributed by atoms with van der Waals surface area (Å²) in [5.41, 5.74) is 6.39. The Morgan fingerprint density at radius 1 is 1.33 bits per heavy atom. The molecule has 1 aliphatic heterocycles. The molecule has 0 fully saturated rings. The van der Waals surface area contributed by atoms with E-state index in [1.165, 1.54) is 10.4 Å². The minimum Gasteiger partial charge on any atom is -0.399 e. The van der Waals surface area contributed by atoms with E-state index in [4.69, 9.17) is 5.73 Å². The molecule has 0 amide bonds. The number of hydrogen-bond acceptors (Lipinski definition) is 3. The van der Waals surface area contributed by atoms with E-state index in [1.807, 2.05) is 13.8 Å². The number of nitrogens with zero attached hydrogens (tertiary/aromatic N) is 1. The maximum Gasteiger partial charge on any atom is 0.244 e. The fourth-order valence-corrected chi connectivity index (χ4v) is 3.75. The van der Waals surface area contributed by atoms with Crippen LogP contribution in [0.25, 0.3) is 0 Å². The summed E-state index contributed by atoms with van der Waals surface area (Å²) in [5, 5.41) is 0. The third-order valence-corrected chi connectivity index (χ3v) is 5.16. The largest absolute Gasteiger partial charge is 0.399 e. The maximum atomic E-state index is 12.0. The van der Waals surface area contributed by atoms with E-state index in [0.29, 0.717) is 10.6 Å². The average molecular weight is 226 g/mol. The first-order valence-electron chi connectivity index (χ1n) is 4.67. The highest BCUT2D eigenvalue weighted by atomic mass is 32.2. The highest BCUT2D eigenvalue weighted by Gasteiger charge is 2.45. The van der Waals surface area contributed by atoms with Crippen LogP contribution in [0.3, 0.4) is 0 Å². The summed E-state index contributed by atoms with van der Waals surface area (Å²) in [6.45, 7) is 3.76. The summed E-state index contributed by atoms with van der Waals surface area (Å²) >= 11 is 0. The number of sulfonamides is 1. The molecule has 1 heterocycles. The zero-order chi connectivity index (χ0) is 11.4. The zero-order valence-electron chi connectivity index (χ0n) is 8.98. The molecular formula is C10H14N2O2S. The molecule has 0 saturated carbocycles. The van der Waals surface area contributed by atoms with Gasteiger partial charge in [0.2, 0.25) is 10.0 Å². The van der Waals surface area contributed by atoms with E-state index in [9.17, 15) is 8.42 Å². The molecule has 15 heavy (non-hydrogen) atoms. The van der Waals surface area contributed by atoms with E-state index in [1.54, 1.807) is 19.2 Å². The van der Waals surface area contributed by atoms with Crippen LogP contribution in [0.1, 0.15) is 19.4 Å². The highest BCUT2D eigenvalue weighted by molar-refractivity contribution is 7.89. The second-order valence-corrected chi connectivity index (χ2v) is 6.22. The third kappa shape index (κ3) is 1.20. The molecular weight excluding hydrogens is 212 g/mol. The summed E-state index contributed by atoms with van der Waals surface area (Å²) in [5.74, 6) is 0. The number of nitrogen functional groups attached to an aromatic ring is 1. The van der Waals surface area contributed by atoms with Gasteiger partial charge in [-0.2, -0.15) is 4.31 Å². The van der Waals surface area contributed by atoms with E-state index in [-0.39, 0.29) is 0 Å². The molecule has 0 bridgehead atoms. The fourth-order valence-electron chi connectivity index (χ4n) is 1.88. The number of benzene rings is 1. The van der Waals surface area contributed by atoms with Gasteiger partial charge in [0.25, 0.3) is 0 Å². The Hall–Kier alpha value is -1.07. The predicted octanol–water partition coefficient (Wildman–Crippen LogP) is 1.14. The fraction of sp³-hybridized carbons (Fsp3) is 0.400. The molecule has 0 radical (unpaired) electrons. The minimum absolute atomic E-state index is 0.329. The zero-order valence-corrected chi connectivity index (χ0v) is 9.80. The van der Waals surface area contributed by atoms with Crippen LogP contribution >= 0.6 is 0 Å². The molecule has 1 aliphatic rings. The van der Waals surface area contributed by atoms with Crippen LogP contribution in [0.4, 0.5) is 5.69 Å². The van der Waals surface area contributed by atoms with Crippen molar-refractivity contribution >= 4 is 15.7 Å². The van der Waals surface area contributed by atoms with Gasteiger partial charge >= 0.3 is 0 Å². The van der Waals surface area contributed by atoms with Crippen molar-refractivity contribution in [3.05, 3.63) is 23.8 Å². The van der Waals surface area contributed by atoms with E-state index in [0.717, 1.165) is 5.56 Å². The molecule has 0 spiro atoms. The molecule has 0 aromatic heterocycles. The first kappa shape index (κ1) is 10.4. The maximum absolute atomic E-state index is 12.0. The van der Waals surface area contributed by atoms with Gasteiger partial charge in [-0.05, 0) is 31.5 Å². The second kappa shape index (κ2) is 2.74. The monoisotopic (exact) mass is 226 g/mol. The Balaban J connectivity index is 2.83. The van der Waals surface area contributed by atoms with Gasteiger partial charge in [0.15, 0.2) is 0 Å². The minimum atomic E-state index is -3.36. The lowest BCUT2D eigenvalue weighted by Gasteiger charge is -2.26. The Morgan fingerprint density at radius 3 is 2.53 bits per heavy atom. The lowest BCUT2D eigenvalue weighted by atomic mass is 9.94. The van der Waals surface area contributed by atoms with Gasteiger partial charge in [-0.1, -0.05) is 6.07 Å². The number of fused-ring (bicyclic) bond motifs is 1.